The molecule has 1 nitrogen and oxygen atoms in total. The summed E-state index contributed by atoms with van der Waals surface area (Å²) in [6.07, 6.45) is 1.10. The SMILES string of the molecule is c1ccc([C@@H]2CP(c3ccccc3)(c3ccccc3)(c3ccccc3)O2)cc1. The van der Waals surface area contributed by atoms with Gasteiger partial charge in [0.15, 0.2) is 0 Å². The van der Waals surface area contributed by atoms with Crippen LogP contribution >= 0.6 is 6.83 Å². The third-order valence-electron chi connectivity index (χ3n) is 5.95. The van der Waals surface area contributed by atoms with Crippen LogP contribution in [-0.2, 0) is 4.52 Å². The van der Waals surface area contributed by atoms with E-state index >= 15 is 0 Å². The molecule has 28 heavy (non-hydrogen) atoms. The maximum absolute atomic E-state index is 7.19. The van der Waals surface area contributed by atoms with Gasteiger partial charge >= 0.3 is 166 Å². The van der Waals surface area contributed by atoms with Crippen LogP contribution in [-0.4, -0.2) is 6.16 Å². The van der Waals surface area contributed by atoms with Crippen LogP contribution in [0.4, 0.5) is 0 Å². The molecule has 0 spiro atoms. The van der Waals surface area contributed by atoms with Gasteiger partial charge in [-0.05, 0) is 0 Å². The van der Waals surface area contributed by atoms with Gasteiger partial charge in [0.2, 0.25) is 0 Å². The molecule has 0 N–H and O–H groups in total. The van der Waals surface area contributed by atoms with Crippen molar-refractivity contribution >= 4 is 22.7 Å². The molecule has 1 fully saturated rings. The van der Waals surface area contributed by atoms with Crippen molar-refractivity contribution in [2.45, 2.75) is 6.10 Å². The molecule has 0 aliphatic carbocycles. The average Bonchev–Trinajstić information content (AvgIpc) is 2.77. The minimum absolute atomic E-state index is 0.111. The predicted molar refractivity (Wildman–Crippen MR) is 120 cm³/mol. The molecular formula is C26H23OP. The van der Waals surface area contributed by atoms with Crippen molar-refractivity contribution < 1.29 is 4.52 Å². The van der Waals surface area contributed by atoms with Gasteiger partial charge in [0.05, 0.1) is 0 Å². The van der Waals surface area contributed by atoms with E-state index in [0.29, 0.717) is 0 Å². The van der Waals surface area contributed by atoms with E-state index in [0.717, 1.165) is 6.16 Å². The fraction of sp³-hybridized carbons (Fsp3) is 0.0769. The number of benzene rings is 4. The fourth-order valence-electron chi connectivity index (χ4n) is 4.60. The first-order valence-electron chi connectivity index (χ1n) is 9.74. The molecule has 0 amide bonds. The van der Waals surface area contributed by atoms with Crippen LogP contribution < -0.4 is 15.9 Å². The van der Waals surface area contributed by atoms with Crippen LogP contribution in [0.1, 0.15) is 11.7 Å². The van der Waals surface area contributed by atoms with Crippen molar-refractivity contribution in [3.63, 3.8) is 0 Å². The van der Waals surface area contributed by atoms with E-state index < -0.39 is 6.83 Å². The molecule has 0 radical (unpaired) electrons. The molecule has 1 saturated heterocycles. The summed E-state index contributed by atoms with van der Waals surface area (Å²) in [5, 5.41) is 3.91. The zero-order valence-electron chi connectivity index (χ0n) is 15.7. The zero-order valence-corrected chi connectivity index (χ0v) is 16.6. The summed E-state index contributed by atoms with van der Waals surface area (Å²) in [7, 11) is 0. The molecule has 4 aromatic carbocycles. The van der Waals surface area contributed by atoms with Gasteiger partial charge in [-0.1, -0.05) is 0 Å². The third-order valence-corrected chi connectivity index (χ3v) is 11.9. The Morgan fingerprint density at radius 3 is 1.18 bits per heavy atom. The van der Waals surface area contributed by atoms with Gasteiger partial charge in [-0.25, -0.2) is 0 Å². The van der Waals surface area contributed by atoms with Gasteiger partial charge < -0.3 is 0 Å². The van der Waals surface area contributed by atoms with Crippen LogP contribution in [0.2, 0.25) is 0 Å². The molecule has 0 aromatic heterocycles. The second kappa shape index (κ2) is 6.71. The molecule has 4 aromatic rings. The molecule has 138 valence electrons. The Hall–Kier alpha value is -2.73. The Morgan fingerprint density at radius 1 is 0.500 bits per heavy atom. The van der Waals surface area contributed by atoms with Crippen LogP contribution in [0.3, 0.4) is 0 Å². The van der Waals surface area contributed by atoms with Crippen molar-refractivity contribution in [3.05, 3.63) is 127 Å². The summed E-state index contributed by atoms with van der Waals surface area (Å²) >= 11 is 0. The normalized spacial score (nSPS) is 21.0. The van der Waals surface area contributed by atoms with Crippen molar-refractivity contribution in [2.75, 3.05) is 6.16 Å². The van der Waals surface area contributed by atoms with Crippen molar-refractivity contribution in [2.24, 2.45) is 0 Å². The molecule has 2 heteroatoms. The standard InChI is InChI=1S/C26H23OP/c1-5-13-22(14-6-1)26-21-28(27-26,23-15-7-2-8-16-23,24-17-9-3-10-18-24)25-19-11-4-12-20-25/h1-20,26H,21H2/t26-/m0/s1. The van der Waals surface area contributed by atoms with Crippen molar-refractivity contribution in [1.82, 2.24) is 0 Å². The van der Waals surface area contributed by atoms with Crippen LogP contribution in [0.5, 0.6) is 0 Å². The maximum atomic E-state index is 7.19. The number of hydrogen-bond acceptors (Lipinski definition) is 1. The van der Waals surface area contributed by atoms with E-state index in [-0.39, 0.29) is 6.10 Å². The molecule has 0 unspecified atom stereocenters. The Bertz CT molecular complexity index is 953. The van der Waals surface area contributed by atoms with Gasteiger partial charge in [0.1, 0.15) is 0 Å². The zero-order chi connectivity index (χ0) is 18.9. The summed E-state index contributed by atoms with van der Waals surface area (Å²) in [5.41, 5.74) is 1.26. The van der Waals surface area contributed by atoms with E-state index in [1.165, 1.54) is 21.5 Å². The Balaban J connectivity index is 1.78. The van der Waals surface area contributed by atoms with E-state index in [2.05, 4.69) is 121 Å². The van der Waals surface area contributed by atoms with Gasteiger partial charge in [-0.15, -0.1) is 0 Å². The van der Waals surface area contributed by atoms with E-state index in [4.69, 9.17) is 4.52 Å². The first-order valence-corrected chi connectivity index (χ1v) is 12.1. The summed E-state index contributed by atoms with van der Waals surface area (Å²) in [4.78, 5) is 0. The molecule has 1 aliphatic rings. The predicted octanol–water partition coefficient (Wildman–Crippen LogP) is 5.20. The Kier molecular flexibility index (Phi) is 4.16. The summed E-state index contributed by atoms with van der Waals surface area (Å²) in [6, 6.07) is 43.2. The van der Waals surface area contributed by atoms with E-state index in [9.17, 15) is 0 Å². The fourth-order valence-corrected chi connectivity index (χ4v) is 10.4. The second-order valence-electron chi connectivity index (χ2n) is 7.41. The van der Waals surface area contributed by atoms with Crippen LogP contribution in [0, 0.1) is 0 Å². The van der Waals surface area contributed by atoms with Crippen LogP contribution in [0.25, 0.3) is 0 Å². The Labute approximate surface area is 166 Å². The minimum atomic E-state index is -2.98. The molecule has 1 aliphatic heterocycles. The summed E-state index contributed by atoms with van der Waals surface area (Å²) in [6.45, 7) is -2.98. The molecule has 1 heterocycles. The topological polar surface area (TPSA) is 9.23 Å². The molecular weight excluding hydrogens is 359 g/mol. The summed E-state index contributed by atoms with van der Waals surface area (Å²) in [5.74, 6) is 0. The van der Waals surface area contributed by atoms with Gasteiger partial charge in [-0.3, -0.25) is 0 Å². The third kappa shape index (κ3) is 2.41. The monoisotopic (exact) mass is 382 g/mol. The molecule has 0 saturated carbocycles. The van der Waals surface area contributed by atoms with Crippen molar-refractivity contribution in [3.8, 4) is 0 Å². The molecule has 1 atom stereocenters. The van der Waals surface area contributed by atoms with Crippen molar-refractivity contribution in [1.29, 1.82) is 0 Å². The van der Waals surface area contributed by atoms with Gasteiger partial charge in [0, 0.05) is 0 Å². The Morgan fingerprint density at radius 2 is 0.821 bits per heavy atom. The second-order valence-corrected chi connectivity index (χ2v) is 12.0. The summed E-state index contributed by atoms with van der Waals surface area (Å²) < 4.78 is 7.19. The van der Waals surface area contributed by atoms with Gasteiger partial charge in [0.25, 0.3) is 0 Å². The average molecular weight is 382 g/mol. The number of hydrogen-bond donors (Lipinski definition) is 0. The van der Waals surface area contributed by atoms with E-state index in [1.54, 1.807) is 0 Å². The first kappa shape index (κ1) is 17.4. The van der Waals surface area contributed by atoms with Gasteiger partial charge in [-0.2, -0.15) is 0 Å². The molecule has 0 bridgehead atoms. The number of rotatable bonds is 4. The molecule has 5 rings (SSSR count). The van der Waals surface area contributed by atoms with Crippen LogP contribution in [0.15, 0.2) is 121 Å². The first-order chi connectivity index (χ1) is 13.8. The quantitative estimate of drug-likeness (QED) is 0.441. The van der Waals surface area contributed by atoms with E-state index in [1.807, 2.05) is 0 Å².